The third-order valence-electron chi connectivity index (χ3n) is 2.73. The van der Waals surface area contributed by atoms with Crippen LogP contribution in [0, 0.1) is 12.8 Å². The van der Waals surface area contributed by atoms with Gasteiger partial charge in [0.1, 0.15) is 5.75 Å². The Morgan fingerprint density at radius 2 is 2.17 bits per heavy atom. The summed E-state index contributed by atoms with van der Waals surface area (Å²) >= 11 is 0. The molecule has 1 aromatic rings. The number of anilines is 1. The van der Waals surface area contributed by atoms with E-state index in [0.29, 0.717) is 23.9 Å². The van der Waals surface area contributed by atoms with E-state index in [1.807, 2.05) is 25.1 Å². The highest BCUT2D eigenvalue weighted by atomic mass is 16.5. The van der Waals surface area contributed by atoms with Crippen LogP contribution in [0.4, 0.5) is 5.69 Å². The van der Waals surface area contributed by atoms with Gasteiger partial charge < -0.3 is 15.8 Å². The Labute approximate surface area is 109 Å². The van der Waals surface area contributed by atoms with E-state index in [4.69, 9.17) is 10.5 Å². The molecule has 0 bridgehead atoms. The number of hydrogen-bond acceptors (Lipinski definition) is 3. The summed E-state index contributed by atoms with van der Waals surface area (Å²) < 4.78 is 5.44. The molecule has 0 heterocycles. The highest BCUT2D eigenvalue weighted by Gasteiger charge is 2.06. The minimum absolute atomic E-state index is 0.0301. The summed E-state index contributed by atoms with van der Waals surface area (Å²) in [5, 5.41) is 2.82. The van der Waals surface area contributed by atoms with Gasteiger partial charge in [-0.05, 0) is 31.4 Å². The van der Waals surface area contributed by atoms with Gasteiger partial charge in [-0.2, -0.15) is 0 Å². The molecule has 3 N–H and O–H groups in total. The molecule has 100 valence electrons. The number of benzene rings is 1. The number of amides is 1. The van der Waals surface area contributed by atoms with Crippen molar-refractivity contribution in [2.75, 3.05) is 18.9 Å². The molecule has 0 aliphatic carbocycles. The van der Waals surface area contributed by atoms with Crippen molar-refractivity contribution >= 4 is 11.6 Å². The van der Waals surface area contributed by atoms with Gasteiger partial charge in [0.25, 0.3) is 5.91 Å². The molecule has 0 unspecified atom stereocenters. The summed E-state index contributed by atoms with van der Waals surface area (Å²) in [6.07, 6.45) is 0.975. The van der Waals surface area contributed by atoms with Crippen LogP contribution in [-0.4, -0.2) is 19.1 Å². The molecule has 0 radical (unpaired) electrons. The van der Waals surface area contributed by atoms with E-state index in [-0.39, 0.29) is 12.5 Å². The largest absolute Gasteiger partial charge is 0.483 e. The fraction of sp³-hybridized carbons (Fsp3) is 0.500. The van der Waals surface area contributed by atoms with Crippen LogP contribution in [0.2, 0.25) is 0 Å². The Morgan fingerprint density at radius 1 is 1.44 bits per heavy atom. The number of nitrogens with one attached hydrogen (secondary N) is 1. The number of nitrogen functional groups attached to an aromatic ring is 1. The molecular formula is C14H22N2O2. The maximum Gasteiger partial charge on any atom is 0.257 e. The summed E-state index contributed by atoms with van der Waals surface area (Å²) in [4.78, 5) is 11.5. The molecule has 0 aromatic heterocycles. The van der Waals surface area contributed by atoms with Gasteiger partial charge in [0.15, 0.2) is 6.61 Å². The van der Waals surface area contributed by atoms with Crippen molar-refractivity contribution in [3.05, 3.63) is 23.8 Å². The van der Waals surface area contributed by atoms with E-state index in [9.17, 15) is 4.79 Å². The topological polar surface area (TPSA) is 64.3 Å². The second-order valence-electron chi connectivity index (χ2n) is 4.79. The van der Waals surface area contributed by atoms with Gasteiger partial charge in [-0.1, -0.05) is 19.9 Å². The number of ether oxygens (including phenoxy) is 1. The molecule has 0 fully saturated rings. The predicted molar refractivity (Wildman–Crippen MR) is 73.6 cm³/mol. The van der Waals surface area contributed by atoms with Crippen molar-refractivity contribution in [1.29, 1.82) is 0 Å². The molecule has 1 rings (SSSR count). The molecule has 1 aromatic carbocycles. The van der Waals surface area contributed by atoms with E-state index in [0.717, 1.165) is 12.0 Å². The van der Waals surface area contributed by atoms with Gasteiger partial charge in [0.05, 0.1) is 0 Å². The van der Waals surface area contributed by atoms with Crippen LogP contribution in [0.5, 0.6) is 5.75 Å². The third-order valence-corrected chi connectivity index (χ3v) is 2.73. The minimum Gasteiger partial charge on any atom is -0.483 e. The smallest absolute Gasteiger partial charge is 0.257 e. The molecule has 0 aliphatic rings. The van der Waals surface area contributed by atoms with E-state index < -0.39 is 0 Å². The zero-order chi connectivity index (χ0) is 13.5. The molecule has 18 heavy (non-hydrogen) atoms. The van der Waals surface area contributed by atoms with E-state index in [1.54, 1.807) is 0 Å². The quantitative estimate of drug-likeness (QED) is 0.760. The van der Waals surface area contributed by atoms with Crippen molar-refractivity contribution < 1.29 is 9.53 Å². The standard InChI is InChI=1S/C14H22N2O2/c1-10(2)7-8-16-14(17)9-18-13-6-4-5-12(15)11(13)3/h4-6,10H,7-9,15H2,1-3H3,(H,16,17). The Balaban J connectivity index is 2.36. The van der Waals surface area contributed by atoms with Gasteiger partial charge in [0.2, 0.25) is 0 Å². The summed E-state index contributed by atoms with van der Waals surface area (Å²) in [5.74, 6) is 1.15. The van der Waals surface area contributed by atoms with Crippen LogP contribution in [0.15, 0.2) is 18.2 Å². The fourth-order valence-electron chi connectivity index (χ4n) is 1.48. The molecule has 4 nitrogen and oxygen atoms in total. The lowest BCUT2D eigenvalue weighted by molar-refractivity contribution is -0.123. The van der Waals surface area contributed by atoms with Crippen LogP contribution in [0.1, 0.15) is 25.8 Å². The molecule has 0 spiro atoms. The zero-order valence-electron chi connectivity index (χ0n) is 11.3. The Bertz CT molecular complexity index is 403. The number of rotatable bonds is 6. The highest BCUT2D eigenvalue weighted by Crippen LogP contribution is 2.22. The van der Waals surface area contributed by atoms with E-state index >= 15 is 0 Å². The second kappa shape index (κ2) is 6.89. The third kappa shape index (κ3) is 4.65. The summed E-state index contributed by atoms with van der Waals surface area (Å²) in [6, 6.07) is 5.44. The maximum atomic E-state index is 11.5. The lowest BCUT2D eigenvalue weighted by Gasteiger charge is -2.11. The highest BCUT2D eigenvalue weighted by molar-refractivity contribution is 5.77. The van der Waals surface area contributed by atoms with E-state index in [2.05, 4.69) is 19.2 Å². The van der Waals surface area contributed by atoms with Crippen LogP contribution >= 0.6 is 0 Å². The van der Waals surface area contributed by atoms with Gasteiger partial charge in [0, 0.05) is 17.8 Å². The molecular weight excluding hydrogens is 228 g/mol. The average molecular weight is 250 g/mol. The molecule has 0 saturated heterocycles. The number of hydrogen-bond donors (Lipinski definition) is 2. The first-order chi connectivity index (χ1) is 8.50. The summed E-state index contributed by atoms with van der Waals surface area (Å²) in [6.45, 7) is 6.84. The van der Waals surface area contributed by atoms with Gasteiger partial charge in [-0.3, -0.25) is 4.79 Å². The van der Waals surface area contributed by atoms with Crippen LogP contribution < -0.4 is 15.8 Å². The zero-order valence-corrected chi connectivity index (χ0v) is 11.3. The van der Waals surface area contributed by atoms with Crippen molar-refractivity contribution in [3.63, 3.8) is 0 Å². The van der Waals surface area contributed by atoms with Gasteiger partial charge in [-0.15, -0.1) is 0 Å². The first kappa shape index (κ1) is 14.4. The lowest BCUT2D eigenvalue weighted by Crippen LogP contribution is -2.30. The minimum atomic E-state index is -0.0996. The Hall–Kier alpha value is -1.71. The van der Waals surface area contributed by atoms with Crippen LogP contribution in [0.25, 0.3) is 0 Å². The molecule has 0 atom stereocenters. The van der Waals surface area contributed by atoms with Crippen molar-refractivity contribution in [3.8, 4) is 5.75 Å². The van der Waals surface area contributed by atoms with Crippen LogP contribution in [-0.2, 0) is 4.79 Å². The predicted octanol–water partition coefficient (Wildman–Crippen LogP) is 2.12. The molecule has 1 amide bonds. The fourth-order valence-corrected chi connectivity index (χ4v) is 1.48. The Morgan fingerprint density at radius 3 is 2.83 bits per heavy atom. The van der Waals surface area contributed by atoms with Gasteiger partial charge >= 0.3 is 0 Å². The Kier molecular flexibility index (Phi) is 5.49. The number of nitrogens with two attached hydrogens (primary N) is 1. The van der Waals surface area contributed by atoms with Gasteiger partial charge in [-0.25, -0.2) is 0 Å². The first-order valence-electron chi connectivity index (χ1n) is 6.25. The summed E-state index contributed by atoms with van der Waals surface area (Å²) in [5.41, 5.74) is 7.30. The normalized spacial score (nSPS) is 10.4. The number of carbonyl (C=O) groups excluding carboxylic acids is 1. The SMILES string of the molecule is Cc1c(N)cccc1OCC(=O)NCCC(C)C. The molecule has 0 saturated carbocycles. The van der Waals surface area contributed by atoms with E-state index in [1.165, 1.54) is 0 Å². The van der Waals surface area contributed by atoms with Crippen molar-refractivity contribution in [2.45, 2.75) is 27.2 Å². The second-order valence-corrected chi connectivity index (χ2v) is 4.79. The first-order valence-corrected chi connectivity index (χ1v) is 6.25. The average Bonchev–Trinajstić information content (AvgIpc) is 2.30. The van der Waals surface area contributed by atoms with Crippen molar-refractivity contribution in [2.24, 2.45) is 5.92 Å². The maximum absolute atomic E-state index is 11.5. The lowest BCUT2D eigenvalue weighted by atomic mass is 10.1. The molecule has 0 aliphatic heterocycles. The summed E-state index contributed by atoms with van der Waals surface area (Å²) in [7, 11) is 0. The van der Waals surface area contributed by atoms with Crippen molar-refractivity contribution in [1.82, 2.24) is 5.32 Å². The van der Waals surface area contributed by atoms with Crippen LogP contribution in [0.3, 0.4) is 0 Å². The molecule has 4 heteroatoms. The number of carbonyl (C=O) groups is 1. The monoisotopic (exact) mass is 250 g/mol.